The molecule has 78 valence electrons. The highest BCUT2D eigenvalue weighted by molar-refractivity contribution is 7.09. The molecule has 6 nitrogen and oxygen atoms in total. The third-order valence-corrected chi connectivity index (χ3v) is 2.65. The summed E-state index contributed by atoms with van der Waals surface area (Å²) in [5.74, 6) is -1.04. The van der Waals surface area contributed by atoms with Gasteiger partial charge in [0.15, 0.2) is 0 Å². The maximum atomic E-state index is 11.4. The number of aromatic nitrogens is 1. The number of urea groups is 1. The third kappa shape index (κ3) is 2.01. The van der Waals surface area contributed by atoms with E-state index in [1.807, 2.05) is 0 Å². The van der Waals surface area contributed by atoms with Crippen LogP contribution in [0.4, 0.5) is 4.79 Å². The Hall–Kier alpha value is -1.76. The number of imide groups is 2. The number of hydrogen-bond acceptors (Lipinski definition) is 5. The van der Waals surface area contributed by atoms with Crippen molar-refractivity contribution >= 4 is 29.2 Å². The minimum Gasteiger partial charge on any atom is -0.277 e. The number of carbonyl (C=O) groups excluding carboxylic acids is 3. The van der Waals surface area contributed by atoms with Gasteiger partial charge in [0.2, 0.25) is 11.8 Å². The number of amides is 4. The van der Waals surface area contributed by atoms with Crippen LogP contribution in [0.15, 0.2) is 11.6 Å². The quantitative estimate of drug-likeness (QED) is 0.724. The predicted octanol–water partition coefficient (Wildman–Crippen LogP) is 0.112. The second-order valence-corrected chi connectivity index (χ2v) is 3.91. The molecule has 15 heavy (non-hydrogen) atoms. The SMILES string of the molecule is O=C1CC(=O)N(Cc2nccs2)C(=O)N1. The van der Waals surface area contributed by atoms with E-state index in [0.717, 1.165) is 4.90 Å². The lowest BCUT2D eigenvalue weighted by molar-refractivity contribution is -0.136. The van der Waals surface area contributed by atoms with Crippen molar-refractivity contribution in [2.24, 2.45) is 0 Å². The molecule has 2 heterocycles. The molecule has 0 unspecified atom stereocenters. The first-order valence-electron chi connectivity index (χ1n) is 4.19. The first-order valence-corrected chi connectivity index (χ1v) is 5.07. The van der Waals surface area contributed by atoms with Crippen molar-refractivity contribution in [3.63, 3.8) is 0 Å². The van der Waals surface area contributed by atoms with Crippen LogP contribution in [0.3, 0.4) is 0 Å². The van der Waals surface area contributed by atoms with Crippen LogP contribution in [0.2, 0.25) is 0 Å². The molecule has 1 aliphatic heterocycles. The lowest BCUT2D eigenvalue weighted by Crippen LogP contribution is -2.52. The summed E-state index contributed by atoms with van der Waals surface area (Å²) in [4.78, 5) is 38.4. The fourth-order valence-electron chi connectivity index (χ4n) is 1.20. The van der Waals surface area contributed by atoms with Crippen LogP contribution in [0.25, 0.3) is 0 Å². The van der Waals surface area contributed by atoms with Crippen molar-refractivity contribution in [3.8, 4) is 0 Å². The van der Waals surface area contributed by atoms with Crippen LogP contribution < -0.4 is 5.32 Å². The molecule has 0 aromatic carbocycles. The van der Waals surface area contributed by atoms with Crippen molar-refractivity contribution in [1.82, 2.24) is 15.2 Å². The topological polar surface area (TPSA) is 79.4 Å². The zero-order valence-electron chi connectivity index (χ0n) is 7.60. The van der Waals surface area contributed by atoms with Gasteiger partial charge in [-0.05, 0) is 0 Å². The number of barbiturate groups is 1. The molecule has 0 radical (unpaired) electrons. The average Bonchev–Trinajstić information content (AvgIpc) is 2.63. The summed E-state index contributed by atoms with van der Waals surface area (Å²) in [6, 6.07) is -0.675. The van der Waals surface area contributed by atoms with E-state index in [1.54, 1.807) is 11.6 Å². The summed E-state index contributed by atoms with van der Waals surface area (Å²) in [6.45, 7) is 0.121. The Morgan fingerprint density at radius 2 is 2.27 bits per heavy atom. The van der Waals surface area contributed by atoms with E-state index in [0.29, 0.717) is 5.01 Å². The zero-order valence-corrected chi connectivity index (χ0v) is 8.41. The van der Waals surface area contributed by atoms with Crippen molar-refractivity contribution in [1.29, 1.82) is 0 Å². The van der Waals surface area contributed by atoms with Gasteiger partial charge in [0.1, 0.15) is 11.4 Å². The number of hydrogen-bond donors (Lipinski definition) is 1. The smallest absolute Gasteiger partial charge is 0.277 e. The Morgan fingerprint density at radius 3 is 2.87 bits per heavy atom. The summed E-state index contributed by atoms with van der Waals surface area (Å²) < 4.78 is 0. The zero-order chi connectivity index (χ0) is 10.8. The molecule has 0 atom stereocenters. The van der Waals surface area contributed by atoms with Gasteiger partial charge in [-0.2, -0.15) is 0 Å². The van der Waals surface area contributed by atoms with Crippen LogP contribution >= 0.6 is 11.3 Å². The Labute approximate surface area is 88.9 Å². The van der Waals surface area contributed by atoms with Crippen molar-refractivity contribution in [2.45, 2.75) is 13.0 Å². The van der Waals surface area contributed by atoms with Crippen molar-refractivity contribution in [3.05, 3.63) is 16.6 Å². The van der Waals surface area contributed by atoms with Gasteiger partial charge in [-0.25, -0.2) is 9.78 Å². The average molecular weight is 225 g/mol. The lowest BCUT2D eigenvalue weighted by atomic mass is 10.3. The van der Waals surface area contributed by atoms with Gasteiger partial charge in [-0.15, -0.1) is 11.3 Å². The normalized spacial score (nSPS) is 16.8. The van der Waals surface area contributed by atoms with E-state index in [9.17, 15) is 14.4 Å². The molecule has 1 N–H and O–H groups in total. The number of carbonyl (C=O) groups is 3. The van der Waals surface area contributed by atoms with Crippen LogP contribution in [-0.4, -0.2) is 27.7 Å². The summed E-state index contributed by atoms with van der Waals surface area (Å²) in [7, 11) is 0. The molecule has 0 aliphatic carbocycles. The van der Waals surface area contributed by atoms with E-state index in [2.05, 4.69) is 10.3 Å². The molecule has 1 fully saturated rings. The predicted molar refractivity (Wildman–Crippen MR) is 50.8 cm³/mol. The molecule has 1 aromatic heterocycles. The van der Waals surface area contributed by atoms with Gasteiger partial charge in [0, 0.05) is 11.6 Å². The fraction of sp³-hybridized carbons (Fsp3) is 0.250. The Morgan fingerprint density at radius 1 is 1.47 bits per heavy atom. The third-order valence-electron chi connectivity index (χ3n) is 1.88. The molecule has 7 heteroatoms. The highest BCUT2D eigenvalue weighted by Gasteiger charge is 2.30. The molecular formula is C8H7N3O3S. The molecular weight excluding hydrogens is 218 g/mol. The summed E-state index contributed by atoms with van der Waals surface area (Å²) in [5.41, 5.74) is 0. The monoisotopic (exact) mass is 225 g/mol. The minimum absolute atomic E-state index is 0.121. The molecule has 1 saturated heterocycles. The Kier molecular flexibility index (Phi) is 2.46. The van der Waals surface area contributed by atoms with Gasteiger partial charge in [0.25, 0.3) is 0 Å². The highest BCUT2D eigenvalue weighted by Crippen LogP contribution is 2.11. The molecule has 2 rings (SSSR count). The number of thiazole rings is 1. The summed E-state index contributed by atoms with van der Waals surface area (Å²) in [5, 5.41) is 4.49. The maximum absolute atomic E-state index is 11.4. The highest BCUT2D eigenvalue weighted by atomic mass is 32.1. The molecule has 1 aromatic rings. The van der Waals surface area contributed by atoms with Crippen LogP contribution in [0, 0.1) is 0 Å². The number of rotatable bonds is 2. The van der Waals surface area contributed by atoms with Crippen LogP contribution in [-0.2, 0) is 16.1 Å². The van der Waals surface area contributed by atoms with E-state index < -0.39 is 17.8 Å². The van der Waals surface area contributed by atoms with E-state index in [1.165, 1.54) is 11.3 Å². The van der Waals surface area contributed by atoms with Gasteiger partial charge in [-0.3, -0.25) is 19.8 Å². The summed E-state index contributed by atoms with van der Waals surface area (Å²) in [6.07, 6.45) is 1.31. The van der Waals surface area contributed by atoms with Gasteiger partial charge in [-0.1, -0.05) is 0 Å². The first-order chi connectivity index (χ1) is 7.16. The molecule has 0 spiro atoms. The van der Waals surface area contributed by atoms with Gasteiger partial charge < -0.3 is 0 Å². The minimum atomic E-state index is -0.675. The van der Waals surface area contributed by atoms with E-state index >= 15 is 0 Å². The second-order valence-electron chi connectivity index (χ2n) is 2.94. The van der Waals surface area contributed by atoms with Crippen molar-refractivity contribution < 1.29 is 14.4 Å². The second kappa shape index (κ2) is 3.77. The largest absolute Gasteiger partial charge is 0.331 e. The Bertz CT molecular complexity index is 395. The Balaban J connectivity index is 2.11. The standard InChI is InChI=1S/C8H7N3O3S/c12-5-3-7(13)11(8(14)10-5)4-6-9-1-2-15-6/h1-2H,3-4H2,(H,10,12,14). The molecule has 4 amide bonds. The lowest BCUT2D eigenvalue weighted by Gasteiger charge is -2.23. The van der Waals surface area contributed by atoms with Crippen LogP contribution in [0.1, 0.15) is 11.4 Å². The van der Waals surface area contributed by atoms with E-state index in [-0.39, 0.29) is 13.0 Å². The molecule has 0 saturated carbocycles. The first kappa shape index (κ1) is 9.78. The summed E-state index contributed by atoms with van der Waals surface area (Å²) >= 11 is 1.35. The van der Waals surface area contributed by atoms with Gasteiger partial charge >= 0.3 is 6.03 Å². The molecule has 0 bridgehead atoms. The van der Waals surface area contributed by atoms with Crippen molar-refractivity contribution in [2.75, 3.05) is 0 Å². The fourth-order valence-corrected chi connectivity index (χ4v) is 1.81. The number of nitrogens with zero attached hydrogens (tertiary/aromatic N) is 2. The van der Waals surface area contributed by atoms with Crippen LogP contribution in [0.5, 0.6) is 0 Å². The van der Waals surface area contributed by atoms with E-state index in [4.69, 9.17) is 0 Å². The molecule has 1 aliphatic rings. The maximum Gasteiger partial charge on any atom is 0.331 e. The van der Waals surface area contributed by atoms with Gasteiger partial charge in [0.05, 0.1) is 6.54 Å². The number of nitrogens with one attached hydrogen (secondary N) is 1.